The molecule has 0 aliphatic rings. The number of rotatable bonds is 6. The van der Waals surface area contributed by atoms with E-state index in [-0.39, 0.29) is 11.1 Å². The fraction of sp³-hybridized carbons (Fsp3) is 0.286. The summed E-state index contributed by atoms with van der Waals surface area (Å²) < 4.78 is 8.97. The molecular formula is C14H16N2O6. The molecule has 2 amide bonds. The molecule has 0 aromatic heterocycles. The predicted octanol–water partition coefficient (Wildman–Crippen LogP) is -0.426. The van der Waals surface area contributed by atoms with Crippen LogP contribution >= 0.6 is 0 Å². The number of carbonyl (C=O) groups excluding carboxylic acids is 4. The molecule has 1 aromatic carbocycles. The molecule has 1 rings (SSSR count). The van der Waals surface area contributed by atoms with Crippen molar-refractivity contribution in [2.45, 2.75) is 0 Å². The fourth-order valence-electron chi connectivity index (χ4n) is 1.60. The van der Waals surface area contributed by atoms with Gasteiger partial charge in [0.05, 0.1) is 14.2 Å². The number of methoxy groups -OCH3 is 2. The van der Waals surface area contributed by atoms with E-state index >= 15 is 0 Å². The number of hydrogen-bond donors (Lipinski definition) is 1. The second-order valence-corrected chi connectivity index (χ2v) is 4.26. The van der Waals surface area contributed by atoms with Gasteiger partial charge < -0.3 is 20.1 Å². The molecule has 8 nitrogen and oxygen atoms in total. The molecule has 0 fully saturated rings. The maximum absolute atomic E-state index is 12.3. The Morgan fingerprint density at radius 1 is 0.909 bits per heavy atom. The highest BCUT2D eigenvalue weighted by molar-refractivity contribution is 5.99. The summed E-state index contributed by atoms with van der Waals surface area (Å²) in [5.41, 5.74) is 5.54. The lowest BCUT2D eigenvalue weighted by Gasteiger charge is -2.20. The first kappa shape index (κ1) is 17.2. The van der Waals surface area contributed by atoms with Crippen molar-refractivity contribution in [3.8, 4) is 0 Å². The van der Waals surface area contributed by atoms with E-state index in [4.69, 9.17) is 5.73 Å². The van der Waals surface area contributed by atoms with Gasteiger partial charge in [0.1, 0.15) is 13.1 Å². The standard InChI is InChI=1S/C14H16N2O6/c1-21-11(17)7-16(8-12(18)22-2)14(20)10-5-3-9(4-6-10)13(15)19/h3-6H,7-8H2,1-2H3,(H2,15,19). The molecule has 0 bridgehead atoms. The average Bonchev–Trinajstić information content (AvgIpc) is 2.53. The Bertz CT molecular complexity index is 564. The van der Waals surface area contributed by atoms with Crippen LogP contribution in [0.3, 0.4) is 0 Å². The molecule has 0 heterocycles. The van der Waals surface area contributed by atoms with Crippen molar-refractivity contribution in [3.63, 3.8) is 0 Å². The molecule has 0 aliphatic heterocycles. The van der Waals surface area contributed by atoms with E-state index < -0.39 is 36.8 Å². The molecule has 118 valence electrons. The number of esters is 2. The van der Waals surface area contributed by atoms with Crippen molar-refractivity contribution in [1.29, 1.82) is 0 Å². The quantitative estimate of drug-likeness (QED) is 0.713. The van der Waals surface area contributed by atoms with Crippen molar-refractivity contribution < 1.29 is 28.7 Å². The number of hydrogen-bond acceptors (Lipinski definition) is 6. The van der Waals surface area contributed by atoms with Crippen LogP contribution in [0.4, 0.5) is 0 Å². The second-order valence-electron chi connectivity index (χ2n) is 4.26. The molecule has 1 aromatic rings. The summed E-state index contributed by atoms with van der Waals surface area (Å²) in [6, 6.07) is 5.52. The number of amides is 2. The van der Waals surface area contributed by atoms with Gasteiger partial charge in [-0.05, 0) is 24.3 Å². The van der Waals surface area contributed by atoms with Crippen molar-refractivity contribution in [1.82, 2.24) is 4.90 Å². The molecular weight excluding hydrogens is 292 g/mol. The van der Waals surface area contributed by atoms with Crippen LogP contribution in [0.15, 0.2) is 24.3 Å². The van der Waals surface area contributed by atoms with Crippen LogP contribution < -0.4 is 5.73 Å². The number of primary amides is 1. The largest absolute Gasteiger partial charge is 0.468 e. The van der Waals surface area contributed by atoms with Gasteiger partial charge in [-0.15, -0.1) is 0 Å². The smallest absolute Gasteiger partial charge is 0.325 e. The third-order valence-electron chi connectivity index (χ3n) is 2.80. The highest BCUT2D eigenvalue weighted by Crippen LogP contribution is 2.08. The summed E-state index contributed by atoms with van der Waals surface area (Å²) in [5.74, 6) is -2.55. The minimum atomic E-state index is -0.675. The van der Waals surface area contributed by atoms with Crippen molar-refractivity contribution in [2.24, 2.45) is 5.73 Å². The van der Waals surface area contributed by atoms with Gasteiger partial charge in [0.15, 0.2) is 0 Å². The molecule has 2 N–H and O–H groups in total. The Morgan fingerprint density at radius 3 is 1.68 bits per heavy atom. The topological polar surface area (TPSA) is 116 Å². The van der Waals surface area contributed by atoms with Crippen LogP contribution in [0.25, 0.3) is 0 Å². The highest BCUT2D eigenvalue weighted by Gasteiger charge is 2.22. The summed E-state index contributed by atoms with van der Waals surface area (Å²) in [4.78, 5) is 47.0. The van der Waals surface area contributed by atoms with Crippen LogP contribution in [0, 0.1) is 0 Å². The molecule has 22 heavy (non-hydrogen) atoms. The highest BCUT2D eigenvalue weighted by atomic mass is 16.5. The maximum atomic E-state index is 12.3. The third kappa shape index (κ3) is 4.58. The second kappa shape index (κ2) is 7.77. The van der Waals surface area contributed by atoms with Gasteiger partial charge in [-0.1, -0.05) is 0 Å². The predicted molar refractivity (Wildman–Crippen MR) is 74.9 cm³/mol. The first-order valence-electron chi connectivity index (χ1n) is 6.21. The first-order valence-corrected chi connectivity index (χ1v) is 6.21. The molecule has 0 radical (unpaired) electrons. The zero-order chi connectivity index (χ0) is 16.7. The minimum Gasteiger partial charge on any atom is -0.468 e. The van der Waals surface area contributed by atoms with Gasteiger partial charge in [0.2, 0.25) is 5.91 Å². The van der Waals surface area contributed by atoms with E-state index in [9.17, 15) is 19.2 Å². The lowest BCUT2D eigenvalue weighted by molar-refractivity contribution is -0.144. The monoisotopic (exact) mass is 308 g/mol. The van der Waals surface area contributed by atoms with Gasteiger partial charge in [-0.2, -0.15) is 0 Å². The summed E-state index contributed by atoms with van der Waals surface area (Å²) in [6.07, 6.45) is 0. The third-order valence-corrected chi connectivity index (χ3v) is 2.80. The minimum absolute atomic E-state index is 0.192. The van der Waals surface area contributed by atoms with Crippen LogP contribution in [-0.4, -0.2) is 56.0 Å². The Kier molecular flexibility index (Phi) is 6.06. The van der Waals surface area contributed by atoms with Gasteiger partial charge in [-0.25, -0.2) is 0 Å². The fourth-order valence-corrected chi connectivity index (χ4v) is 1.60. The maximum Gasteiger partial charge on any atom is 0.325 e. The summed E-state index contributed by atoms with van der Waals surface area (Å²) in [7, 11) is 2.34. The summed E-state index contributed by atoms with van der Waals surface area (Å²) >= 11 is 0. The van der Waals surface area contributed by atoms with E-state index in [1.54, 1.807) is 0 Å². The van der Waals surface area contributed by atoms with Gasteiger partial charge in [-0.3, -0.25) is 19.2 Å². The number of nitrogens with two attached hydrogens (primary N) is 1. The van der Waals surface area contributed by atoms with Crippen LogP contribution in [-0.2, 0) is 19.1 Å². The molecule has 8 heteroatoms. The van der Waals surface area contributed by atoms with E-state index in [0.29, 0.717) is 0 Å². The van der Waals surface area contributed by atoms with Crippen molar-refractivity contribution >= 4 is 23.8 Å². The number of nitrogens with zero attached hydrogens (tertiary/aromatic N) is 1. The van der Waals surface area contributed by atoms with Crippen LogP contribution in [0.5, 0.6) is 0 Å². The van der Waals surface area contributed by atoms with Gasteiger partial charge in [0.25, 0.3) is 5.91 Å². The Hall–Kier alpha value is -2.90. The molecule has 0 aliphatic carbocycles. The molecule has 0 atom stereocenters. The number of benzene rings is 1. The number of ether oxygens (including phenoxy) is 2. The van der Waals surface area contributed by atoms with E-state index in [0.717, 1.165) is 4.90 Å². The zero-order valence-corrected chi connectivity index (χ0v) is 12.2. The SMILES string of the molecule is COC(=O)CN(CC(=O)OC)C(=O)c1ccc(C(N)=O)cc1. The average molecular weight is 308 g/mol. The molecule has 0 saturated heterocycles. The van der Waals surface area contributed by atoms with E-state index in [2.05, 4.69) is 9.47 Å². The van der Waals surface area contributed by atoms with E-state index in [1.165, 1.54) is 38.5 Å². The van der Waals surface area contributed by atoms with E-state index in [1.807, 2.05) is 0 Å². The van der Waals surface area contributed by atoms with Gasteiger partial charge >= 0.3 is 11.9 Å². The van der Waals surface area contributed by atoms with Crippen LogP contribution in [0.2, 0.25) is 0 Å². The molecule has 0 saturated carbocycles. The summed E-state index contributed by atoms with van der Waals surface area (Å²) in [6.45, 7) is -0.802. The normalized spacial score (nSPS) is 9.73. The van der Waals surface area contributed by atoms with Crippen molar-refractivity contribution in [2.75, 3.05) is 27.3 Å². The Morgan fingerprint density at radius 2 is 1.32 bits per heavy atom. The van der Waals surface area contributed by atoms with Gasteiger partial charge in [0, 0.05) is 11.1 Å². The summed E-state index contributed by atoms with van der Waals surface area (Å²) in [5, 5.41) is 0. The lowest BCUT2D eigenvalue weighted by Crippen LogP contribution is -2.40. The Balaban J connectivity index is 2.96. The Labute approximate surface area is 126 Å². The zero-order valence-electron chi connectivity index (χ0n) is 12.2. The molecule has 0 spiro atoms. The number of carbonyl (C=O) groups is 4. The molecule has 0 unspecified atom stereocenters. The lowest BCUT2D eigenvalue weighted by atomic mass is 10.1. The van der Waals surface area contributed by atoms with Crippen molar-refractivity contribution in [3.05, 3.63) is 35.4 Å². The first-order chi connectivity index (χ1) is 10.4. The van der Waals surface area contributed by atoms with Crippen LogP contribution in [0.1, 0.15) is 20.7 Å².